The molecule has 3 rings (SSSR count). The van der Waals surface area contributed by atoms with Crippen LogP contribution in [-0.2, 0) is 4.79 Å². The Morgan fingerprint density at radius 1 is 1.08 bits per heavy atom. The van der Waals surface area contributed by atoms with Crippen LogP contribution in [0, 0.1) is 0 Å². The third kappa shape index (κ3) is 4.08. The number of oxazole rings is 1. The lowest BCUT2D eigenvalue weighted by atomic mass is 10.1. The summed E-state index contributed by atoms with van der Waals surface area (Å²) in [7, 11) is 0. The maximum atomic E-state index is 11.1. The predicted octanol–water partition coefficient (Wildman–Crippen LogP) is 5.30. The Hall–Kier alpha value is -2.18. The number of carboxylic acids is 1. The van der Waals surface area contributed by atoms with E-state index in [-0.39, 0.29) is 0 Å². The molecule has 1 atom stereocenters. The van der Waals surface area contributed by atoms with Crippen LogP contribution >= 0.6 is 23.5 Å². The van der Waals surface area contributed by atoms with E-state index in [9.17, 15) is 4.79 Å². The molecule has 1 unspecified atom stereocenters. The number of nitrogens with zero attached hydrogens (tertiary/aromatic N) is 1. The lowest BCUT2D eigenvalue weighted by molar-refractivity contribution is -0.136. The Bertz CT molecular complexity index is 860. The molecule has 3 aromatic rings. The highest BCUT2D eigenvalue weighted by Gasteiger charge is 2.21. The Kier molecular flexibility index (Phi) is 5.50. The van der Waals surface area contributed by atoms with E-state index < -0.39 is 11.2 Å². The van der Waals surface area contributed by atoms with Gasteiger partial charge in [0, 0.05) is 16.0 Å². The normalized spacial score (nSPS) is 12.1. The highest BCUT2D eigenvalue weighted by molar-refractivity contribution is 8.00. The molecule has 1 aromatic heterocycles. The van der Waals surface area contributed by atoms with Gasteiger partial charge in [-0.1, -0.05) is 54.2 Å². The van der Waals surface area contributed by atoms with Gasteiger partial charge in [0.25, 0.3) is 5.22 Å². The van der Waals surface area contributed by atoms with Crippen LogP contribution in [0.15, 0.2) is 69.1 Å². The van der Waals surface area contributed by atoms with Crippen LogP contribution in [-0.4, -0.2) is 27.6 Å². The van der Waals surface area contributed by atoms with Crippen LogP contribution in [0.1, 0.15) is 6.92 Å². The predicted molar refractivity (Wildman–Crippen MR) is 102 cm³/mol. The minimum atomic E-state index is -0.893. The minimum absolute atomic E-state index is 0.359. The van der Waals surface area contributed by atoms with Crippen LogP contribution in [0.3, 0.4) is 0 Å². The summed E-state index contributed by atoms with van der Waals surface area (Å²) in [6.07, 6.45) is 2.03. The maximum Gasteiger partial charge on any atom is 0.316 e. The van der Waals surface area contributed by atoms with Gasteiger partial charge in [-0.25, -0.2) is 4.98 Å². The summed E-state index contributed by atoms with van der Waals surface area (Å²) >= 11 is 2.78. The second kappa shape index (κ2) is 7.80. The zero-order valence-electron chi connectivity index (χ0n) is 13.8. The van der Waals surface area contributed by atoms with Gasteiger partial charge in [-0.2, -0.15) is 0 Å². The molecule has 6 heteroatoms. The highest BCUT2D eigenvalue weighted by atomic mass is 32.2. The number of hydrogen-bond donors (Lipinski definition) is 1. The molecule has 0 saturated carbocycles. The van der Waals surface area contributed by atoms with E-state index in [2.05, 4.69) is 4.98 Å². The summed E-state index contributed by atoms with van der Waals surface area (Å²) in [5.41, 5.74) is 2.57. The molecule has 2 aromatic carbocycles. The Morgan fingerprint density at radius 3 is 2.36 bits per heavy atom. The van der Waals surface area contributed by atoms with Crippen LogP contribution in [0.4, 0.5) is 0 Å². The van der Waals surface area contributed by atoms with E-state index in [1.165, 1.54) is 4.90 Å². The van der Waals surface area contributed by atoms with Crippen LogP contribution in [0.2, 0.25) is 0 Å². The van der Waals surface area contributed by atoms with Gasteiger partial charge in [0.15, 0.2) is 5.76 Å². The summed E-state index contributed by atoms with van der Waals surface area (Å²) in [4.78, 5) is 16.8. The summed E-state index contributed by atoms with van der Waals surface area (Å²) in [6, 6.07) is 17.8. The van der Waals surface area contributed by atoms with Gasteiger partial charge in [-0.3, -0.25) is 4.79 Å². The third-order valence-corrected chi connectivity index (χ3v) is 5.31. The molecule has 0 fully saturated rings. The van der Waals surface area contributed by atoms with Crippen molar-refractivity contribution in [2.45, 2.75) is 22.3 Å². The molecule has 25 heavy (non-hydrogen) atoms. The number of aliphatic carboxylic acids is 1. The van der Waals surface area contributed by atoms with E-state index in [1.54, 1.807) is 18.7 Å². The van der Waals surface area contributed by atoms with E-state index >= 15 is 0 Å². The molecule has 4 nitrogen and oxygen atoms in total. The molecule has 0 radical (unpaired) electrons. The van der Waals surface area contributed by atoms with Gasteiger partial charge in [-0.15, -0.1) is 11.8 Å². The van der Waals surface area contributed by atoms with Crippen molar-refractivity contribution >= 4 is 29.5 Å². The second-order valence-electron chi connectivity index (χ2n) is 5.35. The van der Waals surface area contributed by atoms with Gasteiger partial charge >= 0.3 is 5.97 Å². The number of aromatic nitrogens is 1. The zero-order valence-corrected chi connectivity index (χ0v) is 15.4. The Balaban J connectivity index is 2.04. The van der Waals surface area contributed by atoms with Gasteiger partial charge in [0.2, 0.25) is 0 Å². The van der Waals surface area contributed by atoms with E-state index in [0.717, 1.165) is 28.6 Å². The smallest absolute Gasteiger partial charge is 0.316 e. The molecule has 0 amide bonds. The summed E-state index contributed by atoms with van der Waals surface area (Å²) in [5.74, 6) is -0.241. The quantitative estimate of drug-likeness (QED) is 0.594. The number of carboxylic acid groups (broad SMARTS) is 1. The van der Waals surface area contributed by atoms with Crippen molar-refractivity contribution in [3.8, 4) is 22.6 Å². The molecular formula is C19H17NO3S2. The summed E-state index contributed by atoms with van der Waals surface area (Å²) in [5, 5.41) is 8.85. The molecule has 0 aliphatic rings. The van der Waals surface area contributed by atoms with E-state index in [4.69, 9.17) is 9.52 Å². The largest absolute Gasteiger partial charge is 0.480 e. The number of rotatable bonds is 6. The van der Waals surface area contributed by atoms with Crippen molar-refractivity contribution < 1.29 is 14.3 Å². The Labute approximate surface area is 154 Å². The maximum absolute atomic E-state index is 11.1. The third-order valence-electron chi connectivity index (χ3n) is 3.63. The molecule has 0 bridgehead atoms. The fourth-order valence-corrected chi connectivity index (χ4v) is 3.37. The highest BCUT2D eigenvalue weighted by Crippen LogP contribution is 2.37. The minimum Gasteiger partial charge on any atom is -0.480 e. The monoisotopic (exact) mass is 371 g/mol. The fraction of sp³-hybridized carbons (Fsp3) is 0.158. The summed E-state index contributed by atoms with van der Waals surface area (Å²) in [6.45, 7) is 1.62. The van der Waals surface area contributed by atoms with Gasteiger partial charge < -0.3 is 9.52 Å². The lowest BCUT2D eigenvalue weighted by Gasteiger charge is -2.03. The molecular weight excluding hydrogens is 354 g/mol. The van der Waals surface area contributed by atoms with Crippen molar-refractivity contribution in [1.29, 1.82) is 0 Å². The average Bonchev–Trinajstić information content (AvgIpc) is 3.06. The first-order valence-electron chi connectivity index (χ1n) is 7.68. The van der Waals surface area contributed by atoms with Gasteiger partial charge in [0.1, 0.15) is 10.9 Å². The fourth-order valence-electron chi connectivity index (χ4n) is 2.28. The first kappa shape index (κ1) is 17.6. The van der Waals surface area contributed by atoms with Crippen molar-refractivity contribution in [1.82, 2.24) is 4.98 Å². The topological polar surface area (TPSA) is 63.3 Å². The number of hydrogen-bond acceptors (Lipinski definition) is 5. The van der Waals surface area contributed by atoms with Crippen molar-refractivity contribution in [2.75, 3.05) is 6.26 Å². The molecule has 0 aliphatic carbocycles. The molecule has 0 aliphatic heterocycles. The lowest BCUT2D eigenvalue weighted by Crippen LogP contribution is -2.10. The first-order chi connectivity index (χ1) is 12.1. The first-order valence-corrected chi connectivity index (χ1v) is 9.79. The number of carbonyl (C=O) groups is 1. The summed E-state index contributed by atoms with van der Waals surface area (Å²) < 4.78 is 5.93. The molecule has 0 saturated heterocycles. The second-order valence-corrected chi connectivity index (χ2v) is 7.52. The molecule has 0 spiro atoms. The van der Waals surface area contributed by atoms with Crippen molar-refractivity contribution in [3.63, 3.8) is 0 Å². The Morgan fingerprint density at radius 2 is 1.76 bits per heavy atom. The van der Waals surface area contributed by atoms with Gasteiger partial charge in [0.05, 0.1) is 0 Å². The standard InChI is InChI=1S/C19H17NO3S2/c1-12(18(21)22)25-19-20-16(13-6-4-3-5-7-13)17(23-19)14-8-10-15(24-2)11-9-14/h3-12H,1-2H3,(H,21,22). The van der Waals surface area contributed by atoms with Crippen LogP contribution in [0.25, 0.3) is 22.6 Å². The number of benzene rings is 2. The SMILES string of the molecule is CSc1ccc(-c2oc(SC(C)C(=O)O)nc2-c2ccccc2)cc1. The van der Waals surface area contributed by atoms with Crippen LogP contribution < -0.4 is 0 Å². The zero-order chi connectivity index (χ0) is 17.8. The van der Waals surface area contributed by atoms with E-state index in [1.807, 2.05) is 60.9 Å². The molecule has 128 valence electrons. The average molecular weight is 371 g/mol. The number of thioether (sulfide) groups is 2. The van der Waals surface area contributed by atoms with Crippen molar-refractivity contribution in [2.24, 2.45) is 0 Å². The van der Waals surface area contributed by atoms with Crippen molar-refractivity contribution in [3.05, 3.63) is 54.6 Å². The van der Waals surface area contributed by atoms with Gasteiger partial charge in [-0.05, 0) is 25.3 Å². The van der Waals surface area contributed by atoms with E-state index in [0.29, 0.717) is 11.0 Å². The molecule has 1 N–H and O–H groups in total. The molecule has 1 heterocycles. The van der Waals surface area contributed by atoms with Crippen LogP contribution in [0.5, 0.6) is 0 Å².